The highest BCUT2D eigenvalue weighted by atomic mass is 35.5. The van der Waals surface area contributed by atoms with Gasteiger partial charge in [-0.3, -0.25) is 14.9 Å². The summed E-state index contributed by atoms with van der Waals surface area (Å²) in [7, 11) is 1.32. The maximum atomic E-state index is 13.7. The summed E-state index contributed by atoms with van der Waals surface area (Å²) in [5.74, 6) is -0.841. The minimum absolute atomic E-state index is 0.105. The number of methoxy groups -OCH3 is 1. The van der Waals surface area contributed by atoms with Gasteiger partial charge in [-0.25, -0.2) is 4.79 Å². The number of nitro benzene ring substituents is 1. The van der Waals surface area contributed by atoms with Gasteiger partial charge in [0.15, 0.2) is 0 Å². The van der Waals surface area contributed by atoms with Crippen molar-refractivity contribution in [2.24, 2.45) is 5.92 Å². The molecule has 2 heterocycles. The summed E-state index contributed by atoms with van der Waals surface area (Å²) in [6.45, 7) is 1.02. The first kappa shape index (κ1) is 24.5. The fraction of sp³-hybridized carbons (Fsp3) is 0.400. The number of hydrogen-bond donors (Lipinski definition) is 0. The van der Waals surface area contributed by atoms with Crippen LogP contribution in [0, 0.1) is 27.4 Å². The Hall–Kier alpha value is -3.64. The molecule has 9 nitrogen and oxygen atoms in total. The van der Waals surface area contributed by atoms with Gasteiger partial charge in [-0.2, -0.15) is 5.26 Å². The third-order valence-electron chi connectivity index (χ3n) is 6.87. The third kappa shape index (κ3) is 4.80. The summed E-state index contributed by atoms with van der Waals surface area (Å²) in [6.07, 6.45) is 2.17. The summed E-state index contributed by atoms with van der Waals surface area (Å²) >= 11 is 6.44. The van der Waals surface area contributed by atoms with Gasteiger partial charge in [0.05, 0.1) is 29.3 Å². The number of non-ortho nitro benzene ring substituents is 1. The Kier molecular flexibility index (Phi) is 7.22. The standard InChI is InChI=1S/C25H25ClN4O5/c1-35-25(32)23-9-8-22(19-4-2-3-5-20(19)26)29(23)24(31)16-10-12-28(13-11-16)21-7-6-18(30(33)34)14-17(21)15-27/h2-7,14,16,22-23H,8-13H2,1H3. The predicted octanol–water partition coefficient (Wildman–Crippen LogP) is 4.24. The molecule has 2 unspecified atom stereocenters. The lowest BCUT2D eigenvalue weighted by molar-refractivity contribution is -0.384. The van der Waals surface area contributed by atoms with Gasteiger partial charge in [0.1, 0.15) is 12.1 Å². The van der Waals surface area contributed by atoms with Crippen LogP contribution in [0.4, 0.5) is 11.4 Å². The van der Waals surface area contributed by atoms with Crippen LogP contribution >= 0.6 is 11.6 Å². The van der Waals surface area contributed by atoms with Crippen LogP contribution in [0.3, 0.4) is 0 Å². The number of rotatable bonds is 5. The van der Waals surface area contributed by atoms with Crippen molar-refractivity contribution in [2.45, 2.75) is 37.8 Å². The molecule has 2 saturated heterocycles. The van der Waals surface area contributed by atoms with Crippen LogP contribution in [0.5, 0.6) is 0 Å². The molecular weight excluding hydrogens is 472 g/mol. The summed E-state index contributed by atoms with van der Waals surface area (Å²) in [5, 5.41) is 21.1. The second kappa shape index (κ2) is 10.3. The molecule has 0 aliphatic carbocycles. The average molecular weight is 497 g/mol. The number of carbonyl (C=O) groups is 2. The number of nitro groups is 1. The summed E-state index contributed by atoms with van der Waals surface area (Å²) in [6, 6.07) is 12.7. The molecule has 0 bridgehead atoms. The minimum atomic E-state index is -0.660. The highest BCUT2D eigenvalue weighted by Crippen LogP contribution is 2.41. The smallest absolute Gasteiger partial charge is 0.328 e. The predicted molar refractivity (Wildman–Crippen MR) is 129 cm³/mol. The van der Waals surface area contributed by atoms with E-state index in [0.29, 0.717) is 49.5 Å². The molecule has 2 aromatic carbocycles. The first-order valence-electron chi connectivity index (χ1n) is 11.4. The average Bonchev–Trinajstić information content (AvgIpc) is 3.32. The fourth-order valence-corrected chi connectivity index (χ4v) is 5.38. The normalized spacial score (nSPS) is 20.4. The summed E-state index contributed by atoms with van der Waals surface area (Å²) < 4.78 is 4.99. The summed E-state index contributed by atoms with van der Waals surface area (Å²) in [5.41, 5.74) is 1.53. The van der Waals surface area contributed by atoms with E-state index in [1.165, 1.54) is 19.2 Å². The number of amides is 1. The topological polar surface area (TPSA) is 117 Å². The van der Waals surface area contributed by atoms with E-state index in [1.54, 1.807) is 17.0 Å². The zero-order chi connectivity index (χ0) is 25.1. The van der Waals surface area contributed by atoms with Crippen molar-refractivity contribution >= 4 is 34.9 Å². The Morgan fingerprint density at radius 2 is 1.86 bits per heavy atom. The largest absolute Gasteiger partial charge is 0.467 e. The van der Waals surface area contributed by atoms with Gasteiger partial charge in [-0.05, 0) is 43.4 Å². The highest BCUT2D eigenvalue weighted by molar-refractivity contribution is 6.31. The molecule has 10 heteroatoms. The minimum Gasteiger partial charge on any atom is -0.467 e. The van der Waals surface area contributed by atoms with Gasteiger partial charge < -0.3 is 14.5 Å². The molecule has 0 N–H and O–H groups in total. The Labute approximate surface area is 208 Å². The van der Waals surface area contributed by atoms with Crippen LogP contribution in [-0.4, -0.2) is 47.9 Å². The lowest BCUT2D eigenvalue weighted by Crippen LogP contribution is -2.48. The number of carbonyl (C=O) groups excluding carboxylic acids is 2. The van der Waals surface area contributed by atoms with Crippen molar-refractivity contribution in [3.63, 3.8) is 0 Å². The van der Waals surface area contributed by atoms with Crippen LogP contribution in [-0.2, 0) is 14.3 Å². The molecular formula is C25H25ClN4O5. The van der Waals surface area contributed by atoms with Crippen LogP contribution in [0.2, 0.25) is 5.02 Å². The van der Waals surface area contributed by atoms with Gasteiger partial charge in [-0.1, -0.05) is 29.8 Å². The van der Waals surface area contributed by atoms with Crippen molar-refractivity contribution < 1.29 is 19.2 Å². The van der Waals surface area contributed by atoms with Crippen LogP contribution in [0.1, 0.15) is 42.9 Å². The van der Waals surface area contributed by atoms with Crippen molar-refractivity contribution in [2.75, 3.05) is 25.1 Å². The number of nitrogens with zero attached hydrogens (tertiary/aromatic N) is 4. The number of halogens is 1. The first-order chi connectivity index (χ1) is 16.8. The zero-order valence-electron chi connectivity index (χ0n) is 19.2. The molecule has 0 spiro atoms. The molecule has 2 atom stereocenters. The van der Waals surface area contributed by atoms with E-state index in [-0.39, 0.29) is 29.1 Å². The van der Waals surface area contributed by atoms with E-state index in [9.17, 15) is 25.0 Å². The summed E-state index contributed by atoms with van der Waals surface area (Å²) in [4.78, 5) is 40.4. The molecule has 0 radical (unpaired) electrons. The molecule has 2 aliphatic rings. The molecule has 182 valence electrons. The van der Waals surface area contributed by atoms with Crippen molar-refractivity contribution in [1.29, 1.82) is 5.26 Å². The van der Waals surface area contributed by atoms with E-state index >= 15 is 0 Å². The number of esters is 1. The van der Waals surface area contributed by atoms with Crippen LogP contribution in [0.15, 0.2) is 42.5 Å². The van der Waals surface area contributed by atoms with Gasteiger partial charge in [-0.15, -0.1) is 0 Å². The number of piperidine rings is 1. The van der Waals surface area contributed by atoms with E-state index < -0.39 is 16.9 Å². The number of benzene rings is 2. The Morgan fingerprint density at radius 1 is 1.14 bits per heavy atom. The number of nitriles is 1. The highest BCUT2D eigenvalue weighted by Gasteiger charge is 2.45. The van der Waals surface area contributed by atoms with Crippen LogP contribution < -0.4 is 4.90 Å². The lowest BCUT2D eigenvalue weighted by atomic mass is 9.93. The van der Waals surface area contributed by atoms with E-state index in [1.807, 2.05) is 29.2 Å². The zero-order valence-corrected chi connectivity index (χ0v) is 20.0. The first-order valence-corrected chi connectivity index (χ1v) is 11.8. The van der Waals surface area contributed by atoms with E-state index in [4.69, 9.17) is 16.3 Å². The lowest BCUT2D eigenvalue weighted by Gasteiger charge is -2.37. The maximum absolute atomic E-state index is 13.7. The number of likely N-dealkylation sites (tertiary alicyclic amines) is 1. The number of anilines is 1. The monoisotopic (exact) mass is 496 g/mol. The molecule has 0 saturated carbocycles. The Morgan fingerprint density at radius 3 is 2.49 bits per heavy atom. The number of ether oxygens (including phenoxy) is 1. The molecule has 2 aliphatic heterocycles. The second-order valence-electron chi connectivity index (χ2n) is 8.73. The molecule has 35 heavy (non-hydrogen) atoms. The van der Waals surface area contributed by atoms with Gasteiger partial charge in [0, 0.05) is 36.2 Å². The van der Waals surface area contributed by atoms with Crippen molar-refractivity contribution in [3.05, 3.63) is 68.7 Å². The SMILES string of the molecule is COC(=O)C1CCC(c2ccccc2Cl)N1C(=O)C1CCN(c2ccc([N+](=O)[O-])cc2C#N)CC1. The van der Waals surface area contributed by atoms with Crippen molar-refractivity contribution in [3.8, 4) is 6.07 Å². The van der Waals surface area contributed by atoms with E-state index in [2.05, 4.69) is 0 Å². The quantitative estimate of drug-likeness (QED) is 0.345. The Bertz CT molecular complexity index is 1190. The fourth-order valence-electron chi connectivity index (χ4n) is 5.12. The van der Waals surface area contributed by atoms with E-state index in [0.717, 1.165) is 5.56 Å². The molecule has 2 aromatic rings. The van der Waals surface area contributed by atoms with Crippen molar-refractivity contribution in [1.82, 2.24) is 4.90 Å². The van der Waals surface area contributed by atoms with Gasteiger partial charge in [0.25, 0.3) is 5.69 Å². The van der Waals surface area contributed by atoms with Gasteiger partial charge in [0.2, 0.25) is 5.91 Å². The maximum Gasteiger partial charge on any atom is 0.328 e. The third-order valence-corrected chi connectivity index (χ3v) is 7.22. The molecule has 4 rings (SSSR count). The van der Waals surface area contributed by atoms with Gasteiger partial charge >= 0.3 is 5.97 Å². The molecule has 2 fully saturated rings. The second-order valence-corrected chi connectivity index (χ2v) is 9.14. The molecule has 0 aromatic heterocycles. The number of hydrogen-bond acceptors (Lipinski definition) is 7. The Balaban J connectivity index is 1.53. The van der Waals surface area contributed by atoms with Crippen LogP contribution in [0.25, 0.3) is 0 Å². The molecule has 1 amide bonds.